The molecule has 1 saturated heterocycles. The number of carbonyl (C=O) groups is 1. The second kappa shape index (κ2) is 9.71. The lowest BCUT2D eigenvalue weighted by atomic mass is 9.89. The molecule has 1 aromatic heterocycles. The normalized spacial score (nSPS) is 18.1. The minimum Gasteiger partial charge on any atom is -0.368 e. The number of nitrogens with two attached hydrogens (primary N) is 1. The number of amides is 1. The van der Waals surface area contributed by atoms with Crippen molar-refractivity contribution in [2.75, 3.05) is 17.2 Å². The van der Waals surface area contributed by atoms with Crippen LogP contribution in [0, 0.1) is 23.1 Å². The van der Waals surface area contributed by atoms with Crippen molar-refractivity contribution in [1.82, 2.24) is 15.3 Å². The molecule has 1 amide bonds. The fraction of sp³-hybridized carbons (Fsp3) is 0.333. The number of piperidine rings is 1. The Labute approximate surface area is 204 Å². The average molecular weight is 473 g/mol. The van der Waals surface area contributed by atoms with Crippen molar-refractivity contribution >= 4 is 17.7 Å². The molecule has 2 atom stereocenters. The Morgan fingerprint density at radius 2 is 1.91 bits per heavy atom. The summed E-state index contributed by atoms with van der Waals surface area (Å²) in [7, 11) is 0. The first kappa shape index (κ1) is 24.1. The third-order valence-electron chi connectivity index (χ3n) is 6.59. The molecule has 0 aliphatic carbocycles. The van der Waals surface area contributed by atoms with Gasteiger partial charge < -0.3 is 16.0 Å². The molecule has 0 saturated carbocycles. The Bertz CT molecular complexity index is 1270. The lowest BCUT2D eigenvalue weighted by Gasteiger charge is -2.39. The number of aromatic nitrogens is 2. The van der Waals surface area contributed by atoms with E-state index in [1.54, 1.807) is 12.1 Å². The van der Waals surface area contributed by atoms with E-state index < -0.39 is 11.4 Å². The summed E-state index contributed by atoms with van der Waals surface area (Å²) in [6, 6.07) is 17.9. The molecule has 7 nitrogen and oxygen atoms in total. The van der Waals surface area contributed by atoms with Crippen molar-refractivity contribution in [1.29, 1.82) is 5.26 Å². The lowest BCUT2D eigenvalue weighted by molar-refractivity contribution is -0.127. The topological polar surface area (TPSA) is 108 Å². The molecule has 2 heterocycles. The van der Waals surface area contributed by atoms with E-state index in [0.717, 1.165) is 18.4 Å². The van der Waals surface area contributed by atoms with Crippen molar-refractivity contribution in [3.8, 4) is 17.3 Å². The second-order valence-corrected chi connectivity index (χ2v) is 9.53. The summed E-state index contributed by atoms with van der Waals surface area (Å²) >= 11 is 0. The Balaban J connectivity index is 1.56. The van der Waals surface area contributed by atoms with Crippen LogP contribution in [0.3, 0.4) is 0 Å². The van der Waals surface area contributed by atoms with Crippen LogP contribution in [0.1, 0.15) is 44.7 Å². The zero-order valence-electron chi connectivity index (χ0n) is 20.1. The van der Waals surface area contributed by atoms with Gasteiger partial charge in [0.2, 0.25) is 11.9 Å². The molecule has 3 N–H and O–H groups in total. The Morgan fingerprint density at radius 1 is 1.17 bits per heavy atom. The fourth-order valence-corrected chi connectivity index (χ4v) is 4.49. The van der Waals surface area contributed by atoms with Gasteiger partial charge in [-0.25, -0.2) is 9.37 Å². The van der Waals surface area contributed by atoms with Crippen LogP contribution in [0.15, 0.2) is 54.6 Å². The molecule has 1 aliphatic heterocycles. The smallest absolute Gasteiger partial charge is 0.225 e. The van der Waals surface area contributed by atoms with E-state index in [1.807, 2.05) is 50.2 Å². The van der Waals surface area contributed by atoms with Gasteiger partial charge in [-0.3, -0.25) is 4.79 Å². The largest absolute Gasteiger partial charge is 0.368 e. The van der Waals surface area contributed by atoms with Crippen LogP contribution < -0.4 is 16.0 Å². The standard InChI is InChI=1S/C27H29FN6O/c1-17-9-10-20(25(35)33-27(2,3)21-7-5-4-6-8-21)16-34(17)24-14-23(31-26(30)32-24)18-11-12-19(15-29)22(28)13-18/h4-8,11-14,17,20H,9-10,16H2,1-3H3,(H,33,35)(H2,30,31,32). The van der Waals surface area contributed by atoms with E-state index in [-0.39, 0.29) is 29.4 Å². The monoisotopic (exact) mass is 472 g/mol. The summed E-state index contributed by atoms with van der Waals surface area (Å²) in [4.78, 5) is 24.0. The van der Waals surface area contributed by atoms with E-state index in [1.165, 1.54) is 12.1 Å². The van der Waals surface area contributed by atoms with Gasteiger partial charge in [-0.2, -0.15) is 10.2 Å². The van der Waals surface area contributed by atoms with Gasteiger partial charge in [0.1, 0.15) is 17.7 Å². The number of hydrogen-bond acceptors (Lipinski definition) is 6. The zero-order valence-corrected chi connectivity index (χ0v) is 20.1. The number of nitrogens with one attached hydrogen (secondary N) is 1. The lowest BCUT2D eigenvalue weighted by Crippen LogP contribution is -2.51. The molecule has 0 radical (unpaired) electrons. The molecule has 1 fully saturated rings. The van der Waals surface area contributed by atoms with Crippen molar-refractivity contribution in [2.24, 2.45) is 5.92 Å². The maximum Gasteiger partial charge on any atom is 0.225 e. The summed E-state index contributed by atoms with van der Waals surface area (Å²) in [6.45, 7) is 6.56. The predicted octanol–water partition coefficient (Wildman–Crippen LogP) is 4.39. The van der Waals surface area contributed by atoms with Crippen molar-refractivity contribution < 1.29 is 9.18 Å². The minimum atomic E-state index is -0.618. The van der Waals surface area contributed by atoms with Crippen LogP contribution in [-0.2, 0) is 10.3 Å². The number of hydrogen-bond donors (Lipinski definition) is 2. The maximum absolute atomic E-state index is 14.2. The fourth-order valence-electron chi connectivity index (χ4n) is 4.49. The van der Waals surface area contributed by atoms with Gasteiger partial charge >= 0.3 is 0 Å². The van der Waals surface area contributed by atoms with Gasteiger partial charge in [0, 0.05) is 24.2 Å². The summed E-state index contributed by atoms with van der Waals surface area (Å²) in [5.41, 5.74) is 7.47. The van der Waals surface area contributed by atoms with Crippen LogP contribution in [-0.4, -0.2) is 28.5 Å². The average Bonchev–Trinajstić information content (AvgIpc) is 2.84. The Hall–Kier alpha value is -3.99. The van der Waals surface area contributed by atoms with Crippen LogP contribution in [0.25, 0.3) is 11.3 Å². The van der Waals surface area contributed by atoms with Gasteiger partial charge in [0.05, 0.1) is 22.7 Å². The van der Waals surface area contributed by atoms with Gasteiger partial charge in [0.25, 0.3) is 0 Å². The quantitative estimate of drug-likeness (QED) is 0.570. The summed E-state index contributed by atoms with van der Waals surface area (Å²) < 4.78 is 14.2. The molecule has 180 valence electrons. The third-order valence-corrected chi connectivity index (χ3v) is 6.59. The molecule has 3 aromatic rings. The van der Waals surface area contributed by atoms with Gasteiger partial charge in [0.15, 0.2) is 0 Å². The number of nitriles is 1. The molecule has 2 unspecified atom stereocenters. The van der Waals surface area contributed by atoms with Crippen LogP contribution in [0.5, 0.6) is 0 Å². The molecule has 4 rings (SSSR count). The summed E-state index contributed by atoms with van der Waals surface area (Å²) in [5, 5.41) is 12.2. The number of nitrogens with zero attached hydrogens (tertiary/aromatic N) is 4. The van der Waals surface area contributed by atoms with E-state index in [2.05, 4.69) is 27.1 Å². The highest BCUT2D eigenvalue weighted by Crippen LogP contribution is 2.31. The molecule has 0 spiro atoms. The highest BCUT2D eigenvalue weighted by molar-refractivity contribution is 5.80. The Morgan fingerprint density at radius 3 is 2.60 bits per heavy atom. The molecular formula is C27H29FN6O. The van der Waals surface area contributed by atoms with E-state index in [9.17, 15) is 9.18 Å². The van der Waals surface area contributed by atoms with E-state index in [4.69, 9.17) is 11.0 Å². The molecule has 8 heteroatoms. The maximum atomic E-state index is 14.2. The van der Waals surface area contributed by atoms with E-state index in [0.29, 0.717) is 23.6 Å². The molecule has 35 heavy (non-hydrogen) atoms. The highest BCUT2D eigenvalue weighted by atomic mass is 19.1. The molecule has 0 bridgehead atoms. The first-order chi connectivity index (χ1) is 16.7. The Kier molecular flexibility index (Phi) is 6.70. The summed E-state index contributed by atoms with van der Waals surface area (Å²) in [6.07, 6.45) is 1.58. The molecular weight excluding hydrogens is 443 g/mol. The number of rotatable bonds is 5. The minimum absolute atomic E-state index is 0.00725. The molecule has 2 aromatic carbocycles. The number of carbonyl (C=O) groups excluding carboxylic acids is 1. The summed E-state index contributed by atoms with van der Waals surface area (Å²) in [5.74, 6) is -0.197. The number of benzene rings is 2. The van der Waals surface area contributed by atoms with Crippen molar-refractivity contribution in [3.05, 3.63) is 71.5 Å². The first-order valence-corrected chi connectivity index (χ1v) is 11.7. The highest BCUT2D eigenvalue weighted by Gasteiger charge is 2.34. The number of nitrogen functional groups attached to an aromatic ring is 1. The first-order valence-electron chi connectivity index (χ1n) is 11.7. The zero-order chi connectivity index (χ0) is 25.2. The van der Waals surface area contributed by atoms with E-state index >= 15 is 0 Å². The van der Waals surface area contributed by atoms with Crippen molar-refractivity contribution in [2.45, 2.75) is 45.2 Å². The predicted molar refractivity (Wildman–Crippen MR) is 134 cm³/mol. The van der Waals surface area contributed by atoms with Gasteiger partial charge in [-0.1, -0.05) is 36.4 Å². The SMILES string of the molecule is CC1CCC(C(=O)NC(C)(C)c2ccccc2)CN1c1cc(-c2ccc(C#N)c(F)c2)nc(N)n1. The van der Waals surface area contributed by atoms with Crippen molar-refractivity contribution in [3.63, 3.8) is 0 Å². The van der Waals surface area contributed by atoms with Crippen LogP contribution >= 0.6 is 0 Å². The third kappa shape index (κ3) is 5.24. The molecule has 1 aliphatic rings. The number of anilines is 2. The number of halogens is 1. The van der Waals surface area contributed by atoms with Crippen LogP contribution in [0.2, 0.25) is 0 Å². The van der Waals surface area contributed by atoms with Crippen LogP contribution in [0.4, 0.5) is 16.2 Å². The second-order valence-electron chi connectivity index (χ2n) is 9.53. The van der Waals surface area contributed by atoms with Gasteiger partial charge in [-0.05, 0) is 51.3 Å². The van der Waals surface area contributed by atoms with Gasteiger partial charge in [-0.15, -0.1) is 0 Å².